The van der Waals surface area contributed by atoms with Gasteiger partial charge in [0.25, 0.3) is 0 Å². The van der Waals surface area contributed by atoms with E-state index >= 15 is 4.39 Å². The van der Waals surface area contributed by atoms with Gasteiger partial charge in [0.05, 0.1) is 35.8 Å². The summed E-state index contributed by atoms with van der Waals surface area (Å²) in [6.07, 6.45) is 3.63. The number of aromatic nitrogens is 3. The van der Waals surface area contributed by atoms with E-state index in [0.717, 1.165) is 51.2 Å². The number of fused-ring (bicyclic) bond motifs is 2. The number of halogens is 6. The molecule has 4 aliphatic heterocycles. The Bertz CT molecular complexity index is 1800. The molecule has 1 amide bonds. The second-order valence-electron chi connectivity index (χ2n) is 13.2. The van der Waals surface area contributed by atoms with Crippen LogP contribution < -0.4 is 9.64 Å². The first-order chi connectivity index (χ1) is 25.9. The van der Waals surface area contributed by atoms with Crippen molar-refractivity contribution in [3.8, 4) is 23.3 Å². The van der Waals surface area contributed by atoms with Crippen molar-refractivity contribution in [2.24, 2.45) is 0 Å². The van der Waals surface area contributed by atoms with Gasteiger partial charge in [0.2, 0.25) is 5.91 Å². The first-order valence-electron chi connectivity index (χ1n) is 17.9. The quantitative estimate of drug-likeness (QED) is 0.213. The molecule has 292 valence electrons. The van der Waals surface area contributed by atoms with Crippen molar-refractivity contribution in [3.63, 3.8) is 0 Å². The molecule has 2 aromatic heterocycles. The molecule has 11 nitrogen and oxygen atoms in total. The zero-order valence-corrected chi connectivity index (χ0v) is 31.1. The lowest BCUT2D eigenvalue weighted by Gasteiger charge is -2.35. The first kappa shape index (κ1) is 41.0. The highest BCUT2D eigenvalue weighted by molar-refractivity contribution is 6.31. The van der Waals surface area contributed by atoms with Crippen LogP contribution in [0.15, 0.2) is 36.5 Å². The number of rotatable bonds is 6. The third-order valence-corrected chi connectivity index (χ3v) is 9.98. The standard InChI is InChI=1S/C28H29ClF4N6O3.C7H12FN.C2H3N/c1-41-27-35-25-19(17-34-24(23(25)30)18-5-2-6-20(29)22(18)28(31,32)33)26(36-27)39-12-10-38(11-13-39)21(40)7-3-8-37-9-4-15-42-16-14-37;8-6-4-7-2-1-3-9(7)5-6;1-2-3/h2-3,5-7,17H,4,8-16H2,1H3;6-7H,1-5H2;1H3/b7-3+;;. The van der Waals surface area contributed by atoms with Crippen LogP contribution in [0.25, 0.3) is 22.2 Å². The van der Waals surface area contributed by atoms with E-state index < -0.39 is 40.0 Å². The monoisotopic (exact) mass is 778 g/mol. The van der Waals surface area contributed by atoms with E-state index in [0.29, 0.717) is 57.7 Å². The predicted octanol–water partition coefficient (Wildman–Crippen LogP) is 6.16. The molecule has 0 spiro atoms. The maximum Gasteiger partial charge on any atom is 0.418 e. The molecule has 0 bridgehead atoms. The number of amides is 1. The van der Waals surface area contributed by atoms with Crippen LogP contribution in [0, 0.1) is 17.1 Å². The Hall–Kier alpha value is -4.17. The molecule has 1 aromatic carbocycles. The molecule has 54 heavy (non-hydrogen) atoms. The molecule has 4 aliphatic rings. The van der Waals surface area contributed by atoms with E-state index in [1.165, 1.54) is 39.1 Å². The van der Waals surface area contributed by atoms with E-state index in [9.17, 15) is 22.4 Å². The van der Waals surface area contributed by atoms with Crippen LogP contribution in [-0.4, -0.2) is 127 Å². The van der Waals surface area contributed by atoms with Gasteiger partial charge in [-0.2, -0.15) is 28.4 Å². The number of carbonyl (C=O) groups excluding carboxylic acids is 1. The summed E-state index contributed by atoms with van der Waals surface area (Å²) < 4.78 is 80.5. The lowest BCUT2D eigenvalue weighted by Crippen LogP contribution is -2.48. The zero-order valence-electron chi connectivity index (χ0n) is 30.3. The summed E-state index contributed by atoms with van der Waals surface area (Å²) in [6.45, 7) is 8.68. The van der Waals surface area contributed by atoms with Gasteiger partial charge >= 0.3 is 12.2 Å². The number of hydrogen-bond donors (Lipinski definition) is 0. The number of carbonyl (C=O) groups is 1. The van der Waals surface area contributed by atoms with Crippen LogP contribution in [-0.2, 0) is 15.7 Å². The molecular weight excluding hydrogens is 735 g/mol. The highest BCUT2D eigenvalue weighted by Crippen LogP contribution is 2.42. The Balaban J connectivity index is 0.000000396. The van der Waals surface area contributed by atoms with Crippen molar-refractivity contribution in [1.82, 2.24) is 29.7 Å². The molecule has 0 radical (unpaired) electrons. The van der Waals surface area contributed by atoms with Gasteiger partial charge < -0.3 is 19.3 Å². The van der Waals surface area contributed by atoms with Crippen molar-refractivity contribution < 1.29 is 36.2 Å². The summed E-state index contributed by atoms with van der Waals surface area (Å²) in [7, 11) is 1.31. The number of methoxy groups -OCH3 is 1. The average molecular weight is 779 g/mol. The summed E-state index contributed by atoms with van der Waals surface area (Å²) in [5.74, 6) is -0.856. The Morgan fingerprint density at radius 2 is 1.87 bits per heavy atom. The molecule has 4 fully saturated rings. The largest absolute Gasteiger partial charge is 0.467 e. The minimum absolute atomic E-state index is 0.106. The van der Waals surface area contributed by atoms with Crippen LogP contribution in [0.1, 0.15) is 38.2 Å². The SMILES string of the molecule is CC#N.COc1nc(N2CCN(C(=O)/C=C/CN3CCCOCC3)CC2)c2cnc(-c3cccc(Cl)c3C(F)(F)F)c(F)c2n1.FC1CC2CCCN2C1. The molecular formula is C37H44ClF5N8O3. The number of anilines is 1. The molecule has 7 rings (SSSR count). The fraction of sp³-hybridized carbons (Fsp3) is 0.541. The molecule has 4 saturated heterocycles. The summed E-state index contributed by atoms with van der Waals surface area (Å²) >= 11 is 5.85. The van der Waals surface area contributed by atoms with Crippen LogP contribution >= 0.6 is 11.6 Å². The van der Waals surface area contributed by atoms with E-state index in [-0.39, 0.29) is 22.8 Å². The highest BCUT2D eigenvalue weighted by atomic mass is 35.5. The van der Waals surface area contributed by atoms with Crippen molar-refractivity contribution in [3.05, 3.63) is 53.0 Å². The Labute approximate surface area is 316 Å². The van der Waals surface area contributed by atoms with E-state index in [4.69, 9.17) is 26.3 Å². The highest BCUT2D eigenvalue weighted by Gasteiger charge is 2.38. The van der Waals surface area contributed by atoms with Crippen LogP contribution in [0.3, 0.4) is 0 Å². The molecule has 6 heterocycles. The van der Waals surface area contributed by atoms with E-state index in [1.807, 2.05) is 11.0 Å². The normalized spacial score (nSPS) is 20.8. The number of benzene rings is 1. The van der Waals surface area contributed by atoms with Crippen molar-refractivity contribution in [2.75, 3.05) is 84.1 Å². The summed E-state index contributed by atoms with van der Waals surface area (Å²) in [4.78, 5) is 33.4. The van der Waals surface area contributed by atoms with Gasteiger partial charge in [-0.15, -0.1) is 0 Å². The molecule has 0 aliphatic carbocycles. The molecule has 3 aromatic rings. The number of nitriles is 1. The summed E-state index contributed by atoms with van der Waals surface area (Å²) in [6, 6.07) is 5.69. The second-order valence-corrected chi connectivity index (χ2v) is 13.6. The molecule has 0 saturated carbocycles. The van der Waals surface area contributed by atoms with Crippen molar-refractivity contribution in [2.45, 2.75) is 51.0 Å². The molecule has 17 heteroatoms. The maximum atomic E-state index is 15.9. The number of pyridine rings is 1. The molecule has 0 N–H and O–H groups in total. The van der Waals surface area contributed by atoms with Gasteiger partial charge in [-0.1, -0.05) is 29.8 Å². The number of nitrogens with zero attached hydrogens (tertiary/aromatic N) is 8. The lowest BCUT2D eigenvalue weighted by molar-refractivity contribution is -0.137. The predicted molar refractivity (Wildman–Crippen MR) is 194 cm³/mol. The van der Waals surface area contributed by atoms with Gasteiger partial charge in [0.1, 0.15) is 23.2 Å². The number of alkyl halides is 4. The smallest absolute Gasteiger partial charge is 0.418 e. The van der Waals surface area contributed by atoms with E-state index in [2.05, 4.69) is 24.8 Å². The zero-order chi connectivity index (χ0) is 38.8. The minimum atomic E-state index is -4.83. The Kier molecular flexibility index (Phi) is 14.4. The minimum Gasteiger partial charge on any atom is -0.467 e. The fourth-order valence-electron chi connectivity index (χ4n) is 7.10. The van der Waals surface area contributed by atoms with Gasteiger partial charge in [0.15, 0.2) is 5.82 Å². The number of hydrogen-bond acceptors (Lipinski definition) is 10. The van der Waals surface area contributed by atoms with Crippen LogP contribution in [0.2, 0.25) is 5.02 Å². The fourth-order valence-corrected chi connectivity index (χ4v) is 7.39. The Morgan fingerprint density at radius 3 is 2.57 bits per heavy atom. The topological polar surface area (TPSA) is 111 Å². The first-order valence-corrected chi connectivity index (χ1v) is 18.3. The van der Waals surface area contributed by atoms with Gasteiger partial charge in [-0.05, 0) is 38.3 Å². The van der Waals surface area contributed by atoms with E-state index in [1.54, 1.807) is 17.0 Å². The van der Waals surface area contributed by atoms with Gasteiger partial charge in [-0.3, -0.25) is 19.6 Å². The number of piperazine rings is 1. The number of ether oxygens (including phenoxy) is 2. The molecule has 2 unspecified atom stereocenters. The van der Waals surface area contributed by atoms with Crippen molar-refractivity contribution >= 4 is 34.2 Å². The lowest BCUT2D eigenvalue weighted by atomic mass is 10.0. The average Bonchev–Trinajstić information content (AvgIpc) is 3.62. The maximum absolute atomic E-state index is 15.9. The van der Waals surface area contributed by atoms with Gasteiger partial charge in [-0.25, -0.2) is 8.78 Å². The molecule has 2 atom stereocenters. The Morgan fingerprint density at radius 1 is 1.11 bits per heavy atom. The van der Waals surface area contributed by atoms with Crippen LogP contribution in [0.5, 0.6) is 6.01 Å². The summed E-state index contributed by atoms with van der Waals surface area (Å²) in [5, 5.41) is 6.95. The second kappa shape index (κ2) is 18.9. The van der Waals surface area contributed by atoms with Gasteiger partial charge in [0, 0.05) is 89.8 Å². The van der Waals surface area contributed by atoms with Crippen LogP contribution in [0.4, 0.5) is 27.8 Å². The third-order valence-electron chi connectivity index (χ3n) is 9.67. The summed E-state index contributed by atoms with van der Waals surface area (Å²) in [5.41, 5.74) is -2.47. The third kappa shape index (κ3) is 10.1. The van der Waals surface area contributed by atoms with Crippen molar-refractivity contribution in [1.29, 1.82) is 5.26 Å².